The van der Waals surface area contributed by atoms with E-state index in [9.17, 15) is 9.18 Å². The van der Waals surface area contributed by atoms with Crippen LogP contribution < -0.4 is 15.5 Å². The van der Waals surface area contributed by atoms with Gasteiger partial charge in [-0.3, -0.25) is 10.2 Å². The predicted molar refractivity (Wildman–Crippen MR) is 119 cm³/mol. The number of piperazine rings is 1. The second-order valence-corrected chi connectivity index (χ2v) is 8.16. The monoisotopic (exact) mass is 445 g/mol. The smallest absolute Gasteiger partial charge is 0.321 e. The summed E-state index contributed by atoms with van der Waals surface area (Å²) in [5.41, 5.74) is 1.52. The van der Waals surface area contributed by atoms with E-state index in [2.05, 4.69) is 35.4 Å². The van der Waals surface area contributed by atoms with Crippen LogP contribution in [0.2, 0.25) is 0 Å². The summed E-state index contributed by atoms with van der Waals surface area (Å²) >= 11 is 1.21. The van der Waals surface area contributed by atoms with Crippen molar-refractivity contribution >= 4 is 38.7 Å². The summed E-state index contributed by atoms with van der Waals surface area (Å²) in [5, 5.41) is 14.8. The number of anilines is 2. The van der Waals surface area contributed by atoms with Crippen LogP contribution >= 0.6 is 11.3 Å². The lowest BCUT2D eigenvalue weighted by molar-refractivity contribution is 0.188. The first-order valence-corrected chi connectivity index (χ1v) is 10.9. The van der Waals surface area contributed by atoms with Gasteiger partial charge in [-0.1, -0.05) is 11.3 Å². The van der Waals surface area contributed by atoms with Gasteiger partial charge in [-0.25, -0.2) is 24.1 Å². The first kappa shape index (κ1) is 21.3. The number of thiazole rings is 1. The van der Waals surface area contributed by atoms with E-state index in [1.165, 1.54) is 17.4 Å². The molecule has 0 aliphatic carbocycles. The number of hydrogen-bond acceptors (Lipinski definition) is 8. The van der Waals surface area contributed by atoms with E-state index in [1.807, 2.05) is 6.92 Å². The largest absolute Gasteiger partial charge is 0.395 e. The number of aliphatic hydroxyl groups is 1. The van der Waals surface area contributed by atoms with E-state index in [0.717, 1.165) is 26.2 Å². The van der Waals surface area contributed by atoms with E-state index in [0.29, 0.717) is 45.5 Å². The molecule has 0 bridgehead atoms. The van der Waals surface area contributed by atoms with Gasteiger partial charge in [0.1, 0.15) is 5.82 Å². The average molecular weight is 446 g/mol. The molecule has 4 rings (SSSR count). The Balaban J connectivity index is 1.50. The van der Waals surface area contributed by atoms with E-state index in [-0.39, 0.29) is 12.6 Å². The van der Waals surface area contributed by atoms with Crippen LogP contribution in [0.1, 0.15) is 6.92 Å². The molecule has 1 aliphatic heterocycles. The van der Waals surface area contributed by atoms with Crippen LogP contribution in [0.3, 0.4) is 0 Å². The number of benzene rings is 1. The number of fused-ring (bicyclic) bond motifs is 1. The number of nitrogens with zero attached hydrogens (tertiary/aromatic N) is 5. The first-order chi connectivity index (χ1) is 15.1. The molecule has 11 heteroatoms. The number of carbonyl (C=O) groups excluding carboxylic acids is 1. The summed E-state index contributed by atoms with van der Waals surface area (Å²) in [4.78, 5) is 29.2. The van der Waals surface area contributed by atoms with E-state index < -0.39 is 5.82 Å². The van der Waals surface area contributed by atoms with Crippen LogP contribution in [0.15, 0.2) is 24.5 Å². The Morgan fingerprint density at radius 1 is 1.23 bits per heavy atom. The number of nitrogens with one attached hydrogen (secondary N) is 2. The molecule has 1 saturated heterocycles. The molecule has 3 N–H and O–H groups in total. The Labute approximate surface area is 182 Å². The molecule has 1 aliphatic rings. The predicted octanol–water partition coefficient (Wildman–Crippen LogP) is 2.15. The normalized spacial score (nSPS) is 14.7. The van der Waals surface area contributed by atoms with Gasteiger partial charge in [-0.05, 0) is 19.1 Å². The van der Waals surface area contributed by atoms with Gasteiger partial charge in [-0.2, -0.15) is 0 Å². The zero-order valence-electron chi connectivity index (χ0n) is 17.1. The minimum atomic E-state index is -0.394. The Hall–Kier alpha value is -2.89. The summed E-state index contributed by atoms with van der Waals surface area (Å²) in [6.07, 6.45) is 3.24. The zero-order chi connectivity index (χ0) is 21.8. The fraction of sp³-hybridized carbons (Fsp3) is 0.400. The van der Waals surface area contributed by atoms with Gasteiger partial charge >= 0.3 is 6.03 Å². The van der Waals surface area contributed by atoms with Crippen LogP contribution in [-0.4, -0.2) is 76.9 Å². The lowest BCUT2D eigenvalue weighted by atomic mass is 10.1. The maximum absolute atomic E-state index is 14.8. The van der Waals surface area contributed by atoms with Gasteiger partial charge in [0.05, 0.1) is 16.8 Å². The molecule has 0 saturated carbocycles. The van der Waals surface area contributed by atoms with Gasteiger partial charge in [-0.15, -0.1) is 0 Å². The number of β-amino-alcohol motifs (C(OH)–C–C–N with tert-alkyl or cyclic N) is 1. The molecule has 1 aromatic carbocycles. The molecule has 2 amide bonds. The van der Waals surface area contributed by atoms with Crippen molar-refractivity contribution in [2.45, 2.75) is 6.92 Å². The van der Waals surface area contributed by atoms with Gasteiger partial charge in [0.15, 0.2) is 5.13 Å². The molecule has 1 fully saturated rings. The SMILES string of the molecule is CCNC(=O)Nc1nc2cc(-c3cnc(N4CCN(CCO)CC4)nc3)c(F)cc2s1. The highest BCUT2D eigenvalue weighted by atomic mass is 32.1. The van der Waals surface area contributed by atoms with E-state index in [4.69, 9.17) is 5.11 Å². The van der Waals surface area contributed by atoms with Gasteiger partial charge < -0.3 is 15.3 Å². The molecule has 2 aromatic heterocycles. The molecular formula is C20H24FN7O2S. The van der Waals surface area contributed by atoms with Crippen molar-refractivity contribution in [1.29, 1.82) is 0 Å². The Morgan fingerprint density at radius 2 is 1.97 bits per heavy atom. The average Bonchev–Trinajstić information content (AvgIpc) is 3.15. The minimum absolute atomic E-state index is 0.156. The van der Waals surface area contributed by atoms with Crippen molar-refractivity contribution in [2.24, 2.45) is 0 Å². The molecule has 164 valence electrons. The number of urea groups is 1. The summed E-state index contributed by atoms with van der Waals surface area (Å²) in [7, 11) is 0. The topological polar surface area (TPSA) is 107 Å². The molecule has 3 aromatic rings. The molecule has 3 heterocycles. The van der Waals surface area contributed by atoms with Crippen LogP contribution in [-0.2, 0) is 0 Å². The van der Waals surface area contributed by atoms with E-state index in [1.54, 1.807) is 18.5 Å². The quantitative estimate of drug-likeness (QED) is 0.534. The van der Waals surface area contributed by atoms with Crippen molar-refractivity contribution in [1.82, 2.24) is 25.2 Å². The van der Waals surface area contributed by atoms with Crippen molar-refractivity contribution < 1.29 is 14.3 Å². The standard InChI is InChI=1S/C20H24FN7O2S/c1-2-22-19(30)26-20-25-16-9-14(15(21)10-17(16)31-20)13-11-23-18(24-12-13)28-5-3-27(4-6-28)7-8-29/h9-12,29H,2-8H2,1H3,(H2,22,25,26,30). The lowest BCUT2D eigenvalue weighted by Crippen LogP contribution is -2.47. The highest BCUT2D eigenvalue weighted by Gasteiger charge is 2.19. The van der Waals surface area contributed by atoms with E-state index >= 15 is 0 Å². The Bertz CT molecular complexity index is 1050. The summed E-state index contributed by atoms with van der Waals surface area (Å²) in [6.45, 7) is 6.39. The number of halogens is 1. The summed E-state index contributed by atoms with van der Waals surface area (Å²) in [5.74, 6) is 0.214. The summed E-state index contributed by atoms with van der Waals surface area (Å²) in [6, 6.07) is 2.72. The molecule has 31 heavy (non-hydrogen) atoms. The van der Waals surface area contributed by atoms with Crippen molar-refractivity contribution in [3.05, 3.63) is 30.3 Å². The number of hydrogen-bond donors (Lipinski definition) is 3. The van der Waals surface area contributed by atoms with Crippen LogP contribution in [0.25, 0.3) is 21.3 Å². The second kappa shape index (κ2) is 9.50. The van der Waals surface area contributed by atoms with Gasteiger partial charge in [0, 0.05) is 62.8 Å². The van der Waals surface area contributed by atoms with Crippen LogP contribution in [0, 0.1) is 5.82 Å². The van der Waals surface area contributed by atoms with Gasteiger partial charge in [0.2, 0.25) is 5.95 Å². The molecule has 0 spiro atoms. The fourth-order valence-corrected chi connectivity index (χ4v) is 4.33. The molecular weight excluding hydrogens is 421 g/mol. The number of carbonyl (C=O) groups is 1. The fourth-order valence-electron chi connectivity index (χ4n) is 3.46. The maximum atomic E-state index is 14.8. The number of rotatable bonds is 6. The molecule has 0 unspecified atom stereocenters. The lowest BCUT2D eigenvalue weighted by Gasteiger charge is -2.34. The molecule has 0 atom stereocenters. The van der Waals surface area contributed by atoms with Crippen LogP contribution in [0.4, 0.5) is 20.3 Å². The first-order valence-electron chi connectivity index (χ1n) is 10.1. The van der Waals surface area contributed by atoms with Gasteiger partial charge in [0.25, 0.3) is 0 Å². The number of aliphatic hydroxyl groups excluding tert-OH is 1. The number of amides is 2. The number of aromatic nitrogens is 3. The van der Waals surface area contributed by atoms with Crippen molar-refractivity contribution in [2.75, 3.05) is 56.1 Å². The minimum Gasteiger partial charge on any atom is -0.395 e. The molecule has 9 nitrogen and oxygen atoms in total. The summed E-state index contributed by atoms with van der Waals surface area (Å²) < 4.78 is 15.4. The maximum Gasteiger partial charge on any atom is 0.321 e. The Kier molecular flexibility index (Phi) is 6.54. The van der Waals surface area contributed by atoms with Crippen molar-refractivity contribution in [3.63, 3.8) is 0 Å². The van der Waals surface area contributed by atoms with Crippen molar-refractivity contribution in [3.8, 4) is 11.1 Å². The highest BCUT2D eigenvalue weighted by Crippen LogP contribution is 2.32. The molecule has 0 radical (unpaired) electrons. The third-order valence-corrected chi connectivity index (χ3v) is 5.99. The second-order valence-electron chi connectivity index (χ2n) is 7.13. The van der Waals surface area contributed by atoms with Crippen LogP contribution in [0.5, 0.6) is 0 Å². The zero-order valence-corrected chi connectivity index (χ0v) is 18.0. The third kappa shape index (κ3) is 4.89. The Morgan fingerprint density at radius 3 is 2.65 bits per heavy atom. The highest BCUT2D eigenvalue weighted by molar-refractivity contribution is 7.22. The third-order valence-electron chi connectivity index (χ3n) is 5.06.